The average molecular weight is 313 g/mol. The van der Waals surface area contributed by atoms with Crippen LogP contribution < -0.4 is 9.80 Å². The van der Waals surface area contributed by atoms with Crippen molar-refractivity contribution in [1.29, 1.82) is 0 Å². The number of thiazole rings is 1. The number of piperazine rings is 1. The van der Waals surface area contributed by atoms with Gasteiger partial charge in [0.05, 0.1) is 11.1 Å². The molecule has 0 radical (unpaired) electrons. The van der Waals surface area contributed by atoms with Crippen molar-refractivity contribution in [3.05, 3.63) is 40.7 Å². The zero-order chi connectivity index (χ0) is 14.9. The van der Waals surface area contributed by atoms with E-state index in [1.54, 1.807) is 29.0 Å². The molecular weight excluding hydrogens is 299 g/mol. The van der Waals surface area contributed by atoms with Gasteiger partial charge in [0.15, 0.2) is 0 Å². The maximum absolute atomic E-state index is 12.5. The van der Waals surface area contributed by atoms with Crippen molar-refractivity contribution in [2.45, 2.75) is 6.18 Å². The Hall–Kier alpha value is -1.76. The van der Waals surface area contributed by atoms with Crippen molar-refractivity contribution in [2.75, 3.05) is 36.0 Å². The van der Waals surface area contributed by atoms with Crippen LogP contribution in [0.5, 0.6) is 0 Å². The van der Waals surface area contributed by atoms with Crippen LogP contribution in [0.1, 0.15) is 5.56 Å². The molecule has 112 valence electrons. The van der Waals surface area contributed by atoms with E-state index in [2.05, 4.69) is 14.8 Å². The van der Waals surface area contributed by atoms with E-state index in [9.17, 15) is 13.2 Å². The van der Waals surface area contributed by atoms with Gasteiger partial charge in [-0.15, -0.1) is 11.3 Å². The van der Waals surface area contributed by atoms with Gasteiger partial charge in [0, 0.05) is 37.2 Å². The molecule has 2 heterocycles. The Morgan fingerprint density at radius 2 is 1.57 bits per heavy atom. The maximum atomic E-state index is 12.5. The first-order chi connectivity index (χ1) is 10.0. The third-order valence-electron chi connectivity index (χ3n) is 3.58. The minimum absolute atomic E-state index is 0.604. The number of alkyl halides is 3. The summed E-state index contributed by atoms with van der Waals surface area (Å²) in [5.41, 5.74) is 2.03. The number of hydrogen-bond donors (Lipinski definition) is 0. The number of hydrogen-bond acceptors (Lipinski definition) is 4. The summed E-state index contributed by atoms with van der Waals surface area (Å²) in [5.74, 6) is 0.979. The van der Waals surface area contributed by atoms with Gasteiger partial charge in [-0.25, -0.2) is 4.98 Å². The predicted octanol–water partition coefficient (Wildman–Crippen LogP) is 3.49. The van der Waals surface area contributed by atoms with Gasteiger partial charge in [-0.1, -0.05) is 0 Å². The predicted molar refractivity (Wildman–Crippen MR) is 78.0 cm³/mol. The van der Waals surface area contributed by atoms with E-state index >= 15 is 0 Å². The molecular formula is C14H14F3N3S. The molecule has 21 heavy (non-hydrogen) atoms. The summed E-state index contributed by atoms with van der Waals surface area (Å²) in [6.07, 6.45) is -4.28. The van der Waals surface area contributed by atoms with Crippen molar-refractivity contribution in [2.24, 2.45) is 0 Å². The van der Waals surface area contributed by atoms with Gasteiger partial charge in [-0.2, -0.15) is 13.2 Å². The van der Waals surface area contributed by atoms with Crippen LogP contribution in [-0.4, -0.2) is 31.2 Å². The summed E-state index contributed by atoms with van der Waals surface area (Å²) in [6, 6.07) is 5.37. The number of benzene rings is 1. The van der Waals surface area contributed by atoms with E-state index < -0.39 is 11.7 Å². The van der Waals surface area contributed by atoms with Crippen molar-refractivity contribution in [1.82, 2.24) is 4.98 Å². The second-order valence-electron chi connectivity index (χ2n) is 4.87. The molecule has 0 atom stereocenters. The molecule has 1 fully saturated rings. The Morgan fingerprint density at radius 3 is 2.10 bits per heavy atom. The highest BCUT2D eigenvalue weighted by atomic mass is 32.1. The van der Waals surface area contributed by atoms with Crippen molar-refractivity contribution >= 4 is 22.8 Å². The number of aromatic nitrogens is 1. The molecule has 0 amide bonds. The smallest absolute Gasteiger partial charge is 0.368 e. The van der Waals surface area contributed by atoms with Crippen molar-refractivity contribution in [3.63, 3.8) is 0 Å². The van der Waals surface area contributed by atoms with Crippen LogP contribution in [0.4, 0.5) is 24.7 Å². The standard InChI is InChI=1S/C14H14F3N3S/c15-14(16,17)11-1-3-12(4-2-11)19-5-7-20(8-6-19)13-9-21-10-18-13/h1-4,9-10H,5-8H2. The van der Waals surface area contributed by atoms with Crippen molar-refractivity contribution in [3.8, 4) is 0 Å². The normalized spacial score (nSPS) is 16.3. The van der Waals surface area contributed by atoms with Crippen LogP contribution >= 0.6 is 11.3 Å². The molecule has 1 aromatic carbocycles. The molecule has 3 nitrogen and oxygen atoms in total. The highest BCUT2D eigenvalue weighted by Crippen LogP contribution is 2.30. The lowest BCUT2D eigenvalue weighted by atomic mass is 10.1. The summed E-state index contributed by atoms with van der Waals surface area (Å²) < 4.78 is 37.6. The van der Waals surface area contributed by atoms with Crippen molar-refractivity contribution < 1.29 is 13.2 Å². The molecule has 0 aliphatic carbocycles. The number of anilines is 2. The fourth-order valence-electron chi connectivity index (χ4n) is 2.42. The Bertz CT molecular complexity index is 573. The third kappa shape index (κ3) is 3.12. The molecule has 0 bridgehead atoms. The van der Waals surface area contributed by atoms with Gasteiger partial charge in [-0.05, 0) is 24.3 Å². The van der Waals surface area contributed by atoms with E-state index in [1.807, 2.05) is 5.38 Å². The quantitative estimate of drug-likeness (QED) is 0.846. The fourth-order valence-corrected chi connectivity index (χ4v) is 2.98. The fraction of sp³-hybridized carbons (Fsp3) is 0.357. The minimum atomic E-state index is -4.28. The van der Waals surface area contributed by atoms with E-state index in [1.165, 1.54) is 0 Å². The highest BCUT2D eigenvalue weighted by Gasteiger charge is 2.30. The summed E-state index contributed by atoms with van der Waals surface area (Å²) in [7, 11) is 0. The molecule has 7 heteroatoms. The van der Waals surface area contributed by atoms with Crippen LogP contribution in [0.3, 0.4) is 0 Å². The van der Waals surface area contributed by atoms with E-state index in [-0.39, 0.29) is 0 Å². The lowest BCUT2D eigenvalue weighted by Crippen LogP contribution is -2.46. The molecule has 3 rings (SSSR count). The lowest BCUT2D eigenvalue weighted by Gasteiger charge is -2.36. The molecule has 1 aliphatic heterocycles. The second-order valence-corrected chi connectivity index (χ2v) is 5.58. The Labute approximate surface area is 124 Å². The zero-order valence-corrected chi connectivity index (χ0v) is 12.0. The molecule has 0 unspecified atom stereocenters. The van der Waals surface area contributed by atoms with Gasteiger partial charge >= 0.3 is 6.18 Å². The molecule has 1 saturated heterocycles. The lowest BCUT2D eigenvalue weighted by molar-refractivity contribution is -0.137. The molecule has 0 spiro atoms. The van der Waals surface area contributed by atoms with Gasteiger partial charge in [-0.3, -0.25) is 0 Å². The maximum Gasteiger partial charge on any atom is 0.416 e. The SMILES string of the molecule is FC(F)(F)c1ccc(N2CCN(c3cscn3)CC2)cc1. The largest absolute Gasteiger partial charge is 0.416 e. The summed E-state index contributed by atoms with van der Waals surface area (Å²) in [4.78, 5) is 8.57. The Balaban J connectivity index is 1.64. The Morgan fingerprint density at radius 1 is 0.952 bits per heavy atom. The highest BCUT2D eigenvalue weighted by molar-refractivity contribution is 7.07. The topological polar surface area (TPSA) is 19.4 Å². The van der Waals surface area contributed by atoms with Crippen LogP contribution in [0.15, 0.2) is 35.2 Å². The van der Waals surface area contributed by atoms with Gasteiger partial charge in [0.1, 0.15) is 5.82 Å². The van der Waals surface area contributed by atoms with Gasteiger partial charge < -0.3 is 9.80 Å². The number of halogens is 3. The second kappa shape index (κ2) is 5.55. The summed E-state index contributed by atoms with van der Waals surface area (Å²) in [5, 5.41) is 2.01. The molecule has 1 aromatic heterocycles. The molecule has 0 saturated carbocycles. The number of rotatable bonds is 2. The molecule has 2 aromatic rings. The van der Waals surface area contributed by atoms with E-state index in [0.29, 0.717) is 0 Å². The third-order valence-corrected chi connectivity index (χ3v) is 4.16. The van der Waals surface area contributed by atoms with Gasteiger partial charge in [0.25, 0.3) is 0 Å². The monoisotopic (exact) mass is 313 g/mol. The Kier molecular flexibility index (Phi) is 3.75. The van der Waals surface area contributed by atoms with Crippen LogP contribution in [-0.2, 0) is 6.18 Å². The first-order valence-electron chi connectivity index (χ1n) is 6.59. The minimum Gasteiger partial charge on any atom is -0.368 e. The van der Waals surface area contributed by atoms with Gasteiger partial charge in [0.2, 0.25) is 0 Å². The average Bonchev–Trinajstić information content (AvgIpc) is 3.01. The van der Waals surface area contributed by atoms with E-state index in [0.717, 1.165) is 49.8 Å². The summed E-state index contributed by atoms with van der Waals surface area (Å²) in [6.45, 7) is 3.21. The zero-order valence-electron chi connectivity index (χ0n) is 11.2. The first-order valence-corrected chi connectivity index (χ1v) is 7.54. The van der Waals surface area contributed by atoms with Crippen LogP contribution in [0.2, 0.25) is 0 Å². The molecule has 1 aliphatic rings. The van der Waals surface area contributed by atoms with Crippen LogP contribution in [0.25, 0.3) is 0 Å². The summed E-state index contributed by atoms with van der Waals surface area (Å²) >= 11 is 1.56. The number of nitrogens with zero attached hydrogens (tertiary/aromatic N) is 3. The molecule has 0 N–H and O–H groups in total. The van der Waals surface area contributed by atoms with Crippen LogP contribution in [0, 0.1) is 0 Å². The first kappa shape index (κ1) is 14.2. The van der Waals surface area contributed by atoms with E-state index in [4.69, 9.17) is 0 Å².